The summed E-state index contributed by atoms with van der Waals surface area (Å²) in [5.41, 5.74) is -1.11. The molecule has 2 aromatic rings. The van der Waals surface area contributed by atoms with E-state index in [1.54, 1.807) is 30.0 Å². The summed E-state index contributed by atoms with van der Waals surface area (Å²) < 4.78 is 50.8. The van der Waals surface area contributed by atoms with Gasteiger partial charge in [0.25, 0.3) is 5.91 Å². The van der Waals surface area contributed by atoms with Gasteiger partial charge in [-0.2, -0.15) is 13.2 Å². The van der Waals surface area contributed by atoms with E-state index in [2.05, 4.69) is 39.0 Å². The lowest BCUT2D eigenvalue weighted by Crippen LogP contribution is -2.31. The fourth-order valence-electron chi connectivity index (χ4n) is 3.20. The summed E-state index contributed by atoms with van der Waals surface area (Å²) in [6.07, 6.45) is -3.39. The summed E-state index contributed by atoms with van der Waals surface area (Å²) in [5, 5.41) is 2.98. The van der Waals surface area contributed by atoms with Crippen LogP contribution in [0.4, 0.5) is 19.1 Å². The maximum absolute atomic E-state index is 13.5. The van der Waals surface area contributed by atoms with Gasteiger partial charge in [-0.3, -0.25) is 4.79 Å². The van der Waals surface area contributed by atoms with Crippen LogP contribution in [0.3, 0.4) is 0 Å². The highest BCUT2D eigenvalue weighted by Gasteiger charge is 2.35. The molecule has 0 radical (unpaired) electrons. The summed E-state index contributed by atoms with van der Waals surface area (Å²) in [6, 6.07) is 4.56. The molecule has 33 heavy (non-hydrogen) atoms. The number of alkyl halides is 3. The van der Waals surface area contributed by atoms with E-state index in [0.717, 1.165) is 0 Å². The summed E-state index contributed by atoms with van der Waals surface area (Å²) in [6.45, 7) is 2.41. The lowest BCUT2D eigenvalue weighted by molar-refractivity contribution is -0.138. The van der Waals surface area contributed by atoms with E-state index >= 15 is 0 Å². The molecule has 3 rings (SSSR count). The molecule has 0 saturated carbocycles. The minimum atomic E-state index is -4.68. The number of hydrogen-bond donors (Lipinski definition) is 1. The molecule has 10 heteroatoms. The normalized spacial score (nSPS) is 15.1. The number of ether oxygens (including phenoxy) is 2. The van der Waals surface area contributed by atoms with Gasteiger partial charge >= 0.3 is 6.18 Å². The predicted molar refractivity (Wildman–Crippen MR) is 115 cm³/mol. The highest BCUT2D eigenvalue weighted by molar-refractivity contribution is 5.93. The molecule has 0 aliphatic carbocycles. The van der Waals surface area contributed by atoms with Crippen LogP contribution in [-0.4, -0.2) is 54.1 Å². The topological polar surface area (TPSA) is 76.6 Å². The van der Waals surface area contributed by atoms with E-state index < -0.39 is 17.4 Å². The van der Waals surface area contributed by atoms with Crippen LogP contribution >= 0.6 is 0 Å². The van der Waals surface area contributed by atoms with Crippen LogP contribution in [-0.2, 0) is 11.0 Å². The number of methoxy groups -OCH3 is 2. The van der Waals surface area contributed by atoms with Crippen molar-refractivity contribution in [2.24, 2.45) is 0 Å². The van der Waals surface area contributed by atoms with E-state index in [1.165, 1.54) is 14.2 Å². The fraction of sp³-hybridized carbons (Fsp3) is 0.348. The number of amides is 1. The number of benzene rings is 1. The molecule has 1 atom stereocenters. The standard InChI is InChI=1S/C23H21F3N4O3/c1-4-5-21(31)30-9-8-16(14-30)28-22-27-13-19(23(24,25)26)20(29-22)7-6-15-10-17(32-2)12-18(11-15)33-3/h10-13,16H,8-9,14H2,1-3H3,(H,27,28,29). The maximum atomic E-state index is 13.5. The third-order valence-electron chi connectivity index (χ3n) is 4.81. The average Bonchev–Trinajstić information content (AvgIpc) is 3.25. The zero-order chi connectivity index (χ0) is 24.0. The van der Waals surface area contributed by atoms with Gasteiger partial charge < -0.3 is 19.7 Å². The molecule has 172 valence electrons. The zero-order valence-corrected chi connectivity index (χ0v) is 18.2. The van der Waals surface area contributed by atoms with E-state index in [-0.39, 0.29) is 17.9 Å². The maximum Gasteiger partial charge on any atom is 0.420 e. The third-order valence-corrected chi connectivity index (χ3v) is 4.81. The van der Waals surface area contributed by atoms with Gasteiger partial charge in [0.1, 0.15) is 22.8 Å². The van der Waals surface area contributed by atoms with Gasteiger partial charge in [-0.1, -0.05) is 11.8 Å². The second-order valence-corrected chi connectivity index (χ2v) is 7.06. The van der Waals surface area contributed by atoms with E-state index in [4.69, 9.17) is 9.47 Å². The molecular weight excluding hydrogens is 437 g/mol. The smallest absolute Gasteiger partial charge is 0.420 e. The zero-order valence-electron chi connectivity index (χ0n) is 18.2. The molecule has 1 amide bonds. The van der Waals surface area contributed by atoms with Gasteiger partial charge in [-0.25, -0.2) is 9.97 Å². The van der Waals surface area contributed by atoms with Crippen molar-refractivity contribution in [3.63, 3.8) is 0 Å². The molecule has 0 bridgehead atoms. The largest absolute Gasteiger partial charge is 0.497 e. The first-order valence-electron chi connectivity index (χ1n) is 9.91. The number of halogens is 3. The Morgan fingerprint density at radius 3 is 2.48 bits per heavy atom. The molecule has 1 fully saturated rings. The van der Waals surface area contributed by atoms with E-state index in [0.29, 0.717) is 42.8 Å². The van der Waals surface area contributed by atoms with Crippen LogP contribution in [0.5, 0.6) is 11.5 Å². The van der Waals surface area contributed by atoms with E-state index in [9.17, 15) is 18.0 Å². The number of rotatable bonds is 4. The monoisotopic (exact) mass is 458 g/mol. The number of nitrogens with zero attached hydrogens (tertiary/aromatic N) is 3. The third kappa shape index (κ3) is 6.07. The number of anilines is 1. The van der Waals surface area contributed by atoms with Gasteiger partial charge in [0, 0.05) is 37.0 Å². The first-order chi connectivity index (χ1) is 15.7. The molecule has 7 nitrogen and oxygen atoms in total. The van der Waals surface area contributed by atoms with Crippen LogP contribution < -0.4 is 14.8 Å². The van der Waals surface area contributed by atoms with Gasteiger partial charge in [-0.15, -0.1) is 0 Å². The highest BCUT2D eigenvalue weighted by atomic mass is 19.4. The van der Waals surface area contributed by atoms with Crippen LogP contribution in [0.1, 0.15) is 30.2 Å². The van der Waals surface area contributed by atoms with Gasteiger partial charge in [0.15, 0.2) is 0 Å². The Hall–Kier alpha value is -3.92. The van der Waals surface area contributed by atoms with Crippen LogP contribution in [0.2, 0.25) is 0 Å². The van der Waals surface area contributed by atoms with Crippen molar-refractivity contribution < 1.29 is 27.4 Å². The molecule has 0 spiro atoms. The van der Waals surface area contributed by atoms with Crippen molar-refractivity contribution in [3.05, 3.63) is 41.2 Å². The average molecular weight is 458 g/mol. The molecule has 1 aliphatic rings. The number of likely N-dealkylation sites (tertiary alicyclic amines) is 1. The molecular formula is C23H21F3N4O3. The minimum absolute atomic E-state index is 0.00334. The van der Waals surface area contributed by atoms with Crippen LogP contribution in [0.15, 0.2) is 24.4 Å². The van der Waals surface area contributed by atoms with Crippen molar-refractivity contribution in [2.45, 2.75) is 25.6 Å². The SMILES string of the molecule is CC#CC(=O)N1CCC(Nc2ncc(C(F)(F)F)c(C#Cc3cc(OC)cc(OC)c3)n2)C1. The molecule has 1 aliphatic heterocycles. The molecule has 1 aromatic heterocycles. The lowest BCUT2D eigenvalue weighted by atomic mass is 10.1. The Kier molecular flexibility index (Phi) is 7.29. The van der Waals surface area contributed by atoms with Crippen LogP contribution in [0.25, 0.3) is 0 Å². The molecule has 1 unspecified atom stereocenters. The first kappa shape index (κ1) is 23.7. The quantitative estimate of drug-likeness (QED) is 0.711. The van der Waals surface area contributed by atoms with Gasteiger partial charge in [-0.05, 0) is 37.3 Å². The molecule has 2 heterocycles. The second-order valence-electron chi connectivity index (χ2n) is 7.06. The first-order valence-corrected chi connectivity index (χ1v) is 9.91. The Balaban J connectivity index is 1.87. The van der Waals surface area contributed by atoms with Gasteiger partial charge in [0.2, 0.25) is 5.95 Å². The highest BCUT2D eigenvalue weighted by Crippen LogP contribution is 2.31. The van der Waals surface area contributed by atoms with Crippen molar-refractivity contribution in [3.8, 4) is 35.2 Å². The van der Waals surface area contributed by atoms with Crippen molar-refractivity contribution in [1.29, 1.82) is 0 Å². The summed E-state index contributed by atoms with van der Waals surface area (Å²) in [4.78, 5) is 21.3. The molecule has 1 saturated heterocycles. The number of carbonyl (C=O) groups is 1. The van der Waals surface area contributed by atoms with Crippen LogP contribution in [0, 0.1) is 23.7 Å². The molecule has 1 N–H and O–H groups in total. The van der Waals surface area contributed by atoms with Crippen molar-refractivity contribution >= 4 is 11.9 Å². The Labute approximate surface area is 189 Å². The molecule has 1 aromatic carbocycles. The van der Waals surface area contributed by atoms with Gasteiger partial charge in [0.05, 0.1) is 14.2 Å². The number of aromatic nitrogens is 2. The van der Waals surface area contributed by atoms with E-state index in [1.807, 2.05) is 0 Å². The lowest BCUT2D eigenvalue weighted by Gasteiger charge is -2.15. The number of carbonyl (C=O) groups excluding carboxylic acids is 1. The predicted octanol–water partition coefficient (Wildman–Crippen LogP) is 2.95. The Morgan fingerprint density at radius 1 is 1.18 bits per heavy atom. The fourth-order valence-corrected chi connectivity index (χ4v) is 3.20. The number of hydrogen-bond acceptors (Lipinski definition) is 6. The summed E-state index contributed by atoms with van der Waals surface area (Å²) in [7, 11) is 2.92. The van der Waals surface area contributed by atoms with Crippen molar-refractivity contribution in [2.75, 3.05) is 32.6 Å². The number of nitrogens with one attached hydrogen (secondary N) is 1. The second kappa shape index (κ2) is 10.1. The Morgan fingerprint density at radius 2 is 1.88 bits per heavy atom. The summed E-state index contributed by atoms with van der Waals surface area (Å²) in [5.74, 6) is 10.8. The minimum Gasteiger partial charge on any atom is -0.497 e. The summed E-state index contributed by atoms with van der Waals surface area (Å²) >= 11 is 0. The van der Waals surface area contributed by atoms with Crippen molar-refractivity contribution in [1.82, 2.24) is 14.9 Å². The Bertz CT molecular complexity index is 1140.